The normalized spacial score (nSPS) is 24.5. The molecule has 23 heavy (non-hydrogen) atoms. The molecule has 0 bridgehead atoms. The van der Waals surface area contributed by atoms with Crippen molar-refractivity contribution < 1.29 is 50.7 Å². The summed E-state index contributed by atoms with van der Waals surface area (Å²) in [5.74, 6) is 1.77. The zero-order valence-electron chi connectivity index (χ0n) is 13.7. The summed E-state index contributed by atoms with van der Waals surface area (Å²) in [7, 11) is 0. The molecule has 124 valence electrons. The summed E-state index contributed by atoms with van der Waals surface area (Å²) in [6.45, 7) is 6.00. The van der Waals surface area contributed by atoms with Gasteiger partial charge in [0.1, 0.15) is 0 Å². The summed E-state index contributed by atoms with van der Waals surface area (Å²) in [5, 5.41) is 0. The van der Waals surface area contributed by atoms with Crippen molar-refractivity contribution in [3.05, 3.63) is 73.6 Å². The third-order valence-corrected chi connectivity index (χ3v) is 4.42. The van der Waals surface area contributed by atoms with Crippen molar-refractivity contribution in [2.75, 3.05) is 0 Å². The van der Waals surface area contributed by atoms with Crippen LogP contribution in [0, 0.1) is 24.7 Å². The van der Waals surface area contributed by atoms with Gasteiger partial charge in [-0.1, -0.05) is 12.8 Å². The van der Waals surface area contributed by atoms with E-state index in [4.69, 9.17) is 0 Å². The topological polar surface area (TPSA) is 0 Å². The van der Waals surface area contributed by atoms with E-state index < -0.39 is 0 Å². The van der Waals surface area contributed by atoms with Crippen LogP contribution in [0.25, 0.3) is 0 Å². The minimum atomic E-state index is 0. The predicted octanol–water partition coefficient (Wildman–Crippen LogP) is -0.218. The van der Waals surface area contributed by atoms with E-state index in [0.29, 0.717) is 0 Å². The van der Waals surface area contributed by atoms with Gasteiger partial charge in [-0.15, -0.1) is 50.3 Å². The zero-order valence-corrected chi connectivity index (χ0v) is 18.8. The molecule has 0 heterocycles. The van der Waals surface area contributed by atoms with Gasteiger partial charge in [-0.05, 0) is 24.7 Å². The van der Waals surface area contributed by atoms with Gasteiger partial charge in [0.25, 0.3) is 0 Å². The van der Waals surface area contributed by atoms with Crippen molar-refractivity contribution >= 4 is 0 Å². The maximum absolute atomic E-state index is 3.00. The number of fused-ring (bicyclic) bond motifs is 2. The van der Waals surface area contributed by atoms with E-state index in [-0.39, 0.29) is 50.7 Å². The SMILES string of the molecule is C1=CCC2CC[CH-]C2=C1.C1=CCC2CC[CH-]C2=C1.C=C.[Cl-].[Cl-].[Hf+4]. The van der Waals surface area contributed by atoms with Crippen LogP contribution in [0.1, 0.15) is 38.5 Å². The van der Waals surface area contributed by atoms with E-state index in [1.165, 1.54) is 38.5 Å². The third kappa shape index (κ3) is 7.54. The molecule has 0 aromatic heterocycles. The van der Waals surface area contributed by atoms with Crippen molar-refractivity contribution in [2.45, 2.75) is 38.5 Å². The van der Waals surface area contributed by atoms with Crippen molar-refractivity contribution in [3.63, 3.8) is 0 Å². The smallest absolute Gasteiger partial charge is 1.00 e. The largest absolute Gasteiger partial charge is 4.00 e. The van der Waals surface area contributed by atoms with Crippen LogP contribution in [0.15, 0.2) is 60.8 Å². The Morgan fingerprint density at radius 3 is 1.52 bits per heavy atom. The van der Waals surface area contributed by atoms with Gasteiger partial charge in [0, 0.05) is 0 Å². The molecule has 3 heteroatoms. The second kappa shape index (κ2) is 14.3. The van der Waals surface area contributed by atoms with E-state index in [1.807, 2.05) is 0 Å². The number of rotatable bonds is 0. The average molecular weight is 516 g/mol. The van der Waals surface area contributed by atoms with Crippen molar-refractivity contribution in [2.24, 2.45) is 11.8 Å². The molecule has 0 spiro atoms. The van der Waals surface area contributed by atoms with Crippen LogP contribution in [0.2, 0.25) is 0 Å². The van der Waals surface area contributed by atoms with Gasteiger partial charge in [-0.25, -0.2) is 36.1 Å². The second-order valence-electron chi connectivity index (χ2n) is 5.62. The van der Waals surface area contributed by atoms with Crippen LogP contribution in [0.3, 0.4) is 0 Å². The van der Waals surface area contributed by atoms with Crippen LogP contribution in [0.5, 0.6) is 0 Å². The van der Waals surface area contributed by atoms with Gasteiger partial charge in [-0.3, -0.25) is 0 Å². The first kappa shape index (κ1) is 25.1. The fourth-order valence-corrected chi connectivity index (χ4v) is 3.33. The van der Waals surface area contributed by atoms with Gasteiger partial charge in [0.05, 0.1) is 0 Å². The molecular weight excluding hydrogens is 490 g/mol. The summed E-state index contributed by atoms with van der Waals surface area (Å²) in [5.41, 5.74) is 3.16. The molecule has 2 unspecified atom stereocenters. The molecule has 0 N–H and O–H groups in total. The molecule has 0 amide bonds. The first-order valence-electron chi connectivity index (χ1n) is 7.83. The Labute approximate surface area is 173 Å². The molecule has 4 rings (SSSR count). The van der Waals surface area contributed by atoms with Crippen LogP contribution in [0.4, 0.5) is 0 Å². The number of hydrogen-bond acceptors (Lipinski definition) is 0. The Bertz CT molecular complexity index is 395. The van der Waals surface area contributed by atoms with E-state index >= 15 is 0 Å². The number of halogens is 2. The quantitative estimate of drug-likeness (QED) is 0.238. The summed E-state index contributed by atoms with van der Waals surface area (Å²) in [6.07, 6.45) is 26.1. The molecule has 0 aliphatic heterocycles. The van der Waals surface area contributed by atoms with Crippen molar-refractivity contribution in [1.29, 1.82) is 0 Å². The van der Waals surface area contributed by atoms with Gasteiger partial charge < -0.3 is 24.8 Å². The molecule has 2 saturated carbocycles. The Kier molecular flexibility index (Phi) is 15.6. The molecule has 0 radical (unpaired) electrons. The van der Waals surface area contributed by atoms with Crippen LogP contribution >= 0.6 is 0 Å². The van der Waals surface area contributed by atoms with Gasteiger partial charge in [0.15, 0.2) is 0 Å². The Morgan fingerprint density at radius 2 is 1.17 bits per heavy atom. The van der Waals surface area contributed by atoms with Gasteiger partial charge in [-0.2, -0.15) is 0 Å². The molecule has 0 saturated heterocycles. The molecular formula is C20H26Cl2Hf. The van der Waals surface area contributed by atoms with E-state index in [1.54, 1.807) is 11.1 Å². The maximum atomic E-state index is 3.00. The van der Waals surface area contributed by atoms with E-state index in [9.17, 15) is 0 Å². The summed E-state index contributed by atoms with van der Waals surface area (Å²) < 4.78 is 0. The zero-order chi connectivity index (χ0) is 14.2. The number of hydrogen-bond donors (Lipinski definition) is 0. The monoisotopic (exact) mass is 516 g/mol. The molecule has 2 atom stereocenters. The van der Waals surface area contributed by atoms with Crippen molar-refractivity contribution in [1.82, 2.24) is 0 Å². The van der Waals surface area contributed by atoms with Crippen molar-refractivity contribution in [3.8, 4) is 0 Å². The number of allylic oxidation sites excluding steroid dienone is 8. The molecule has 0 aromatic rings. The summed E-state index contributed by atoms with van der Waals surface area (Å²) in [4.78, 5) is 0. The Balaban J connectivity index is 0. The fourth-order valence-electron chi connectivity index (χ4n) is 3.33. The van der Waals surface area contributed by atoms with Gasteiger partial charge >= 0.3 is 25.8 Å². The first-order valence-corrected chi connectivity index (χ1v) is 7.83. The van der Waals surface area contributed by atoms with E-state index in [0.717, 1.165) is 11.8 Å². The standard InChI is InChI=1S/2C9H11.C2H4.2ClH.Hf/c2*1-2-5-9-7-3-6-8(9)4-1;1-2;;;/h2*1-2,4,6,9H,3,5,7H2;1-2H2;2*1H;/q2*-1;;;;+4/p-2. The molecule has 4 aliphatic carbocycles. The minimum absolute atomic E-state index is 0. The van der Waals surface area contributed by atoms with Crippen LogP contribution in [-0.4, -0.2) is 0 Å². The minimum Gasteiger partial charge on any atom is -1.00 e. The molecule has 0 nitrogen and oxygen atoms in total. The second-order valence-corrected chi connectivity index (χ2v) is 5.62. The molecule has 0 aromatic carbocycles. The Hall–Kier alpha value is -0.110. The molecule has 4 aliphatic rings. The van der Waals surface area contributed by atoms with Crippen LogP contribution in [-0.2, 0) is 25.8 Å². The summed E-state index contributed by atoms with van der Waals surface area (Å²) >= 11 is 0. The average Bonchev–Trinajstić information content (AvgIpc) is 3.18. The van der Waals surface area contributed by atoms with Gasteiger partial charge in [0.2, 0.25) is 0 Å². The molecule has 2 fully saturated rings. The predicted molar refractivity (Wildman–Crippen MR) is 89.0 cm³/mol. The maximum Gasteiger partial charge on any atom is 4.00 e. The Morgan fingerprint density at radius 1 is 0.783 bits per heavy atom. The first-order chi connectivity index (χ1) is 9.93. The fraction of sp³-hybridized carbons (Fsp3) is 0.400. The third-order valence-electron chi connectivity index (χ3n) is 4.42. The summed E-state index contributed by atoms with van der Waals surface area (Å²) in [6, 6.07) is 0. The van der Waals surface area contributed by atoms with Crippen LogP contribution < -0.4 is 24.8 Å². The van der Waals surface area contributed by atoms with E-state index in [2.05, 4.69) is 62.5 Å².